The predicted molar refractivity (Wildman–Crippen MR) is 112 cm³/mol. The van der Waals surface area contributed by atoms with Crippen LogP contribution in [-0.4, -0.2) is 47.9 Å². The van der Waals surface area contributed by atoms with E-state index in [2.05, 4.69) is 0 Å². The van der Waals surface area contributed by atoms with E-state index >= 15 is 0 Å². The number of ether oxygens (including phenoxy) is 2. The van der Waals surface area contributed by atoms with Gasteiger partial charge in [0.15, 0.2) is 11.5 Å². The molecule has 1 aromatic carbocycles. The number of quaternary nitrogens is 1. The molecule has 1 unspecified atom stereocenters. The van der Waals surface area contributed by atoms with Crippen LogP contribution >= 0.6 is 0 Å². The number of carbonyl (C=O) groups excluding carboxylic acids is 1. The number of piperidine rings is 1. The third-order valence-electron chi connectivity index (χ3n) is 6.26. The molecule has 3 atom stereocenters. The maximum Gasteiger partial charge on any atom is 0.315 e. The molecule has 2 N–H and O–H groups in total. The molecule has 1 amide bonds. The second-order valence-corrected chi connectivity index (χ2v) is 8.18. The number of likely N-dealkylation sites (tertiary alicyclic amines) is 1. The van der Waals surface area contributed by atoms with Gasteiger partial charge >= 0.3 is 5.56 Å². The number of hydrogen-bond donors (Lipinski definition) is 2. The average molecular weight is 429 g/mol. The number of carbonyl (C=O) groups is 1. The number of aryl methyl sites for hydroxylation is 1. The van der Waals surface area contributed by atoms with Crippen molar-refractivity contribution >= 4 is 11.6 Å². The van der Waals surface area contributed by atoms with Crippen molar-refractivity contribution < 1.29 is 24.7 Å². The third kappa shape index (κ3) is 4.16. The highest BCUT2D eigenvalue weighted by atomic mass is 16.8. The maximum atomic E-state index is 12.9. The minimum Gasteiger partial charge on any atom is -0.595 e. The molecule has 4 rings (SSSR count). The van der Waals surface area contributed by atoms with Crippen molar-refractivity contribution in [3.63, 3.8) is 0 Å². The molecule has 1 fully saturated rings. The zero-order valence-electron chi connectivity index (χ0n) is 17.7. The number of benzene rings is 1. The van der Waals surface area contributed by atoms with Crippen LogP contribution in [0, 0.1) is 11.1 Å². The quantitative estimate of drug-likeness (QED) is 0.659. The number of nitrogens with one attached hydrogen (secondary N) is 1. The molecule has 1 saturated heterocycles. The van der Waals surface area contributed by atoms with Crippen LogP contribution in [0.2, 0.25) is 0 Å². The van der Waals surface area contributed by atoms with E-state index in [1.165, 1.54) is 6.07 Å². The van der Waals surface area contributed by atoms with Crippen LogP contribution in [0.15, 0.2) is 35.1 Å². The topological polar surface area (TPSA) is 109 Å². The third-order valence-corrected chi connectivity index (χ3v) is 6.26. The van der Waals surface area contributed by atoms with Gasteiger partial charge in [-0.3, -0.25) is 9.59 Å². The number of methoxy groups -OCH3 is 2. The molecular weight excluding hydrogens is 402 g/mol. The molecule has 2 bridgehead atoms. The van der Waals surface area contributed by atoms with E-state index < -0.39 is 10.8 Å². The highest BCUT2D eigenvalue weighted by molar-refractivity contribution is 5.76. The zero-order valence-corrected chi connectivity index (χ0v) is 17.7. The lowest BCUT2D eigenvalue weighted by Crippen LogP contribution is -3.00. The summed E-state index contributed by atoms with van der Waals surface area (Å²) in [6, 6.07) is 8.77. The first-order chi connectivity index (χ1) is 14.9. The first-order valence-corrected chi connectivity index (χ1v) is 10.4. The summed E-state index contributed by atoms with van der Waals surface area (Å²) in [6.45, 7) is 1.59. The Labute approximate surface area is 179 Å². The van der Waals surface area contributed by atoms with E-state index in [9.17, 15) is 20.0 Å². The van der Waals surface area contributed by atoms with Crippen molar-refractivity contribution in [3.8, 4) is 11.5 Å². The predicted octanol–water partition coefficient (Wildman–Crippen LogP) is 0.847. The van der Waals surface area contributed by atoms with Gasteiger partial charge in [0.2, 0.25) is 11.6 Å². The molecule has 0 saturated carbocycles. The van der Waals surface area contributed by atoms with Crippen molar-refractivity contribution in [1.82, 2.24) is 9.47 Å². The second-order valence-electron chi connectivity index (χ2n) is 8.18. The lowest BCUT2D eigenvalue weighted by atomic mass is 9.83. The van der Waals surface area contributed by atoms with Crippen molar-refractivity contribution in [1.29, 1.82) is 0 Å². The molecule has 0 spiro atoms. The van der Waals surface area contributed by atoms with Gasteiger partial charge in [0.25, 0.3) is 0 Å². The van der Waals surface area contributed by atoms with Crippen molar-refractivity contribution in [2.45, 2.75) is 31.7 Å². The molecule has 9 nitrogen and oxygen atoms in total. The first-order valence-electron chi connectivity index (χ1n) is 10.4. The van der Waals surface area contributed by atoms with E-state index in [0.29, 0.717) is 44.0 Å². The van der Waals surface area contributed by atoms with Crippen LogP contribution in [0.3, 0.4) is 0 Å². The van der Waals surface area contributed by atoms with Gasteiger partial charge in [0, 0.05) is 43.7 Å². The molecule has 2 aliphatic heterocycles. The van der Waals surface area contributed by atoms with Gasteiger partial charge in [0.05, 0.1) is 14.2 Å². The number of fused-ring (bicyclic) bond motifs is 4. The molecule has 2 aliphatic rings. The van der Waals surface area contributed by atoms with Gasteiger partial charge in [-0.05, 0) is 42.5 Å². The summed E-state index contributed by atoms with van der Waals surface area (Å²) >= 11 is 0. The summed E-state index contributed by atoms with van der Waals surface area (Å²) in [6.07, 6.45) is 1.90. The number of hydrogen-bond acceptors (Lipinski definition) is 6. The number of aromatic nitrogens is 1. The van der Waals surface area contributed by atoms with Crippen LogP contribution in [0.1, 0.15) is 30.0 Å². The van der Waals surface area contributed by atoms with E-state index in [1.807, 2.05) is 23.1 Å². The largest absolute Gasteiger partial charge is 0.595 e. The lowest BCUT2D eigenvalue weighted by Gasteiger charge is -2.43. The van der Waals surface area contributed by atoms with Crippen LogP contribution in [0.5, 0.6) is 11.5 Å². The highest BCUT2D eigenvalue weighted by Gasteiger charge is 2.37. The van der Waals surface area contributed by atoms with Crippen LogP contribution < -0.4 is 20.3 Å². The Morgan fingerprint density at radius 2 is 1.94 bits per heavy atom. The Morgan fingerprint density at radius 1 is 1.16 bits per heavy atom. The fraction of sp³-hybridized carbons (Fsp3) is 0.455. The van der Waals surface area contributed by atoms with Gasteiger partial charge in [0.1, 0.15) is 0 Å². The Balaban J connectivity index is 1.44. The fourth-order valence-electron chi connectivity index (χ4n) is 4.76. The first kappa shape index (κ1) is 21.4. The number of rotatable bonds is 6. The Morgan fingerprint density at radius 3 is 2.65 bits per heavy atom. The van der Waals surface area contributed by atoms with Gasteiger partial charge in [-0.1, -0.05) is 6.07 Å². The van der Waals surface area contributed by atoms with Gasteiger partial charge < -0.3 is 24.1 Å². The molecule has 0 aliphatic carbocycles. The summed E-state index contributed by atoms with van der Waals surface area (Å²) in [7, 11) is 3.17. The lowest BCUT2D eigenvalue weighted by molar-refractivity contribution is -0.992. The maximum absolute atomic E-state index is 12.9. The van der Waals surface area contributed by atoms with Crippen LogP contribution in [0.4, 0.5) is 5.69 Å². The fourth-order valence-corrected chi connectivity index (χ4v) is 4.76. The Hall–Kier alpha value is -2.88. The van der Waals surface area contributed by atoms with Crippen LogP contribution in [-0.2, 0) is 17.8 Å². The summed E-state index contributed by atoms with van der Waals surface area (Å²) in [5, 5.41) is 19.3. The van der Waals surface area contributed by atoms with Crippen LogP contribution in [0.25, 0.3) is 0 Å². The van der Waals surface area contributed by atoms with E-state index in [1.54, 1.807) is 24.9 Å². The molecule has 9 heteroatoms. The molecule has 166 valence electrons. The van der Waals surface area contributed by atoms with Crippen molar-refractivity contribution in [2.24, 2.45) is 5.92 Å². The summed E-state index contributed by atoms with van der Waals surface area (Å²) < 4.78 is 12.2. The Bertz CT molecular complexity index is 1030. The van der Waals surface area contributed by atoms with E-state index in [-0.39, 0.29) is 23.4 Å². The van der Waals surface area contributed by atoms with Crippen molar-refractivity contribution in [3.05, 3.63) is 57.2 Å². The molecular formula is C22H27N3O6. The highest BCUT2D eigenvalue weighted by Crippen LogP contribution is 2.35. The standard InChI is InChI=1S/C22H27N3O6/c1-30-19-7-3-14(10-20(19)31-2)4-8-21(26)23-11-15-9-16(13-23)17-5-6-18(25(28)29)22(27)24(17)12-15/h3,5-7,10,15-16,25,28H,4,8-9,11-13H2,1-2H3/t15-,16+/m0/s1. The van der Waals surface area contributed by atoms with E-state index in [4.69, 9.17) is 9.47 Å². The average Bonchev–Trinajstić information content (AvgIpc) is 2.77. The monoisotopic (exact) mass is 429 g/mol. The summed E-state index contributed by atoms with van der Waals surface area (Å²) in [5.41, 5.74) is 1.17. The number of nitrogens with zero attached hydrogens (tertiary/aromatic N) is 2. The van der Waals surface area contributed by atoms with Gasteiger partial charge in [-0.25, -0.2) is 5.21 Å². The second kappa shape index (κ2) is 8.70. The van der Waals surface area contributed by atoms with Gasteiger partial charge in [-0.2, -0.15) is 5.23 Å². The van der Waals surface area contributed by atoms with E-state index in [0.717, 1.165) is 17.7 Å². The Kier molecular flexibility index (Phi) is 5.99. The normalized spacial score (nSPS) is 20.7. The molecule has 3 heterocycles. The smallest absolute Gasteiger partial charge is 0.315 e. The molecule has 0 radical (unpaired) electrons. The SMILES string of the molecule is COc1ccc(CCC(=O)N2C[C@@H]3C[C@H](C2)c2ccc([NH+]([O-])O)c(=O)n2C3)cc1OC. The summed E-state index contributed by atoms with van der Waals surface area (Å²) in [5.74, 6) is 1.58. The van der Waals surface area contributed by atoms with Gasteiger partial charge in [-0.15, -0.1) is 0 Å². The van der Waals surface area contributed by atoms with Crippen molar-refractivity contribution in [2.75, 3.05) is 27.3 Å². The number of pyridine rings is 1. The summed E-state index contributed by atoms with van der Waals surface area (Å²) in [4.78, 5) is 27.4. The zero-order chi connectivity index (χ0) is 22.1. The molecule has 1 aromatic heterocycles. The molecule has 2 aromatic rings. The molecule has 31 heavy (non-hydrogen) atoms. The number of amides is 1. The minimum atomic E-state index is -1.21. The minimum absolute atomic E-state index is 0.0491.